The summed E-state index contributed by atoms with van der Waals surface area (Å²) < 4.78 is 101. The van der Waals surface area contributed by atoms with Crippen LogP contribution in [0.5, 0.6) is 5.75 Å². The van der Waals surface area contributed by atoms with Crippen molar-refractivity contribution in [3.63, 3.8) is 0 Å². The quantitative estimate of drug-likeness (QED) is 0.0226. The van der Waals surface area contributed by atoms with Crippen LogP contribution in [0.1, 0.15) is 132 Å². The van der Waals surface area contributed by atoms with Gasteiger partial charge in [-0.25, -0.2) is 8.78 Å². The minimum Gasteiger partial charge on any atom is -0.487 e. The summed E-state index contributed by atoms with van der Waals surface area (Å²) in [4.78, 5) is 13.9. The fourth-order valence-electron chi connectivity index (χ4n) is 7.45. The molecule has 14 heteroatoms. The second-order valence-corrected chi connectivity index (χ2v) is 19.6. The van der Waals surface area contributed by atoms with Crippen LogP contribution in [0, 0.1) is 62.2 Å². The van der Waals surface area contributed by atoms with E-state index in [4.69, 9.17) is 9.29 Å². The summed E-state index contributed by atoms with van der Waals surface area (Å²) in [7, 11) is -0.140. The zero-order valence-electron chi connectivity index (χ0n) is 34.6. The lowest BCUT2D eigenvalue weighted by Crippen LogP contribution is -2.46. The molecule has 0 fully saturated rings. The van der Waals surface area contributed by atoms with Crippen LogP contribution in [0.3, 0.4) is 0 Å². The molecule has 312 valence electrons. The van der Waals surface area contributed by atoms with Gasteiger partial charge in [0.1, 0.15) is 0 Å². The molecule has 2 N–H and O–H groups in total. The molecule has 0 saturated carbocycles. The molecule has 1 rings (SSSR count). The molecule has 0 radical (unpaired) electrons. The zero-order valence-corrected chi connectivity index (χ0v) is 36.3. The molecule has 0 spiro atoms. The van der Waals surface area contributed by atoms with Gasteiger partial charge in [-0.2, -0.15) is 35.1 Å². The van der Waals surface area contributed by atoms with E-state index in [1.807, 2.05) is 62.6 Å². The minimum absolute atomic E-state index is 0.0199. The molecular formula is C40H68F4N3O5S2+. The maximum Gasteiger partial charge on any atom is 0.265 e. The van der Waals surface area contributed by atoms with E-state index in [9.17, 15) is 18.5 Å². The van der Waals surface area contributed by atoms with Gasteiger partial charge in [0, 0.05) is 30.4 Å². The SMILES string of the molecule is CCCC(C)(CC(C)C(C)(CC)C(CC(C)(C)C(C)(C)C#N)c1c(F)c(F)c(OCCCCS)c(F)c1F)C(=O)NCCC[N+](C)(C)CCCS(=O)(=O)O. The van der Waals surface area contributed by atoms with Crippen molar-refractivity contribution in [2.75, 3.05) is 51.8 Å². The third-order valence-electron chi connectivity index (χ3n) is 12.3. The van der Waals surface area contributed by atoms with Crippen LogP contribution in [0.2, 0.25) is 0 Å². The molecule has 4 atom stereocenters. The Balaban J connectivity index is 3.59. The Morgan fingerprint density at radius 3 is 1.98 bits per heavy atom. The van der Waals surface area contributed by atoms with Gasteiger partial charge in [-0.15, -0.1) is 0 Å². The summed E-state index contributed by atoms with van der Waals surface area (Å²) in [6, 6.07) is 2.30. The van der Waals surface area contributed by atoms with Crippen molar-refractivity contribution in [3.05, 3.63) is 28.8 Å². The predicted molar refractivity (Wildman–Crippen MR) is 211 cm³/mol. The fourth-order valence-corrected chi connectivity index (χ4v) is 8.17. The minimum atomic E-state index is -4.04. The zero-order chi connectivity index (χ0) is 41.9. The average Bonchev–Trinajstić information content (AvgIpc) is 3.07. The first-order valence-electron chi connectivity index (χ1n) is 19.3. The third-order valence-corrected chi connectivity index (χ3v) is 13.4. The standard InChI is InChI=1S/C40H67F4N3O5S2/c1-12-18-39(8,36(48)46-19-16-20-47(10,11)21-17-24-54(49,50)51)25-28(3)40(9,13-2)29(26-37(4,5)38(6,7)27-45)30-31(41)33(43)35(34(44)32(30)42)52-22-14-15-23-53/h28-29H,12-26H2,1-11H3,(H2-,46,48,49,50,51,53)/p+1. The molecular weight excluding hydrogens is 743 g/mol. The lowest BCUT2D eigenvalue weighted by molar-refractivity contribution is -0.890. The highest BCUT2D eigenvalue weighted by atomic mass is 32.2. The summed E-state index contributed by atoms with van der Waals surface area (Å²) in [5, 5.41) is 13.2. The van der Waals surface area contributed by atoms with Gasteiger partial charge in [-0.05, 0) is 80.8 Å². The van der Waals surface area contributed by atoms with Gasteiger partial charge in [0.2, 0.25) is 17.5 Å². The molecule has 1 aromatic carbocycles. The number of nitrogens with zero attached hydrogens (tertiary/aromatic N) is 2. The average molecular weight is 811 g/mol. The highest BCUT2D eigenvalue weighted by Gasteiger charge is 2.50. The Morgan fingerprint density at radius 1 is 0.944 bits per heavy atom. The number of carbonyl (C=O) groups is 1. The number of quaternary nitrogens is 1. The van der Waals surface area contributed by atoms with Gasteiger partial charge in [0.05, 0.1) is 51.0 Å². The molecule has 0 heterocycles. The Kier molecular flexibility index (Phi) is 18.8. The summed E-state index contributed by atoms with van der Waals surface area (Å²) in [6.07, 6.45) is 3.77. The highest BCUT2D eigenvalue weighted by molar-refractivity contribution is 7.85. The summed E-state index contributed by atoms with van der Waals surface area (Å²) in [6.45, 7) is 18.0. The number of thiol groups is 1. The van der Waals surface area contributed by atoms with Crippen LogP contribution in [-0.4, -0.2) is 75.2 Å². The molecule has 54 heavy (non-hydrogen) atoms. The molecule has 0 aliphatic rings. The molecule has 0 aliphatic carbocycles. The number of amides is 1. The van der Waals surface area contributed by atoms with Crippen LogP contribution < -0.4 is 10.1 Å². The Hall–Kier alpha value is -2.08. The molecule has 0 aromatic heterocycles. The first-order valence-corrected chi connectivity index (χ1v) is 21.5. The van der Waals surface area contributed by atoms with E-state index in [0.717, 1.165) is 0 Å². The summed E-state index contributed by atoms with van der Waals surface area (Å²) in [5.41, 5.74) is -4.47. The van der Waals surface area contributed by atoms with Gasteiger partial charge < -0.3 is 14.5 Å². The number of hydrogen-bond acceptors (Lipinski definition) is 6. The Labute approximate surface area is 328 Å². The van der Waals surface area contributed by atoms with E-state index in [0.29, 0.717) is 81.2 Å². The van der Waals surface area contributed by atoms with Crippen molar-refractivity contribution in [2.45, 2.75) is 126 Å². The second-order valence-electron chi connectivity index (χ2n) is 17.6. The summed E-state index contributed by atoms with van der Waals surface area (Å²) in [5.74, 6) is -8.80. The molecule has 0 aliphatic heterocycles. The van der Waals surface area contributed by atoms with Gasteiger partial charge in [-0.3, -0.25) is 9.35 Å². The Bertz CT molecular complexity index is 1520. The van der Waals surface area contributed by atoms with Crippen molar-refractivity contribution in [1.82, 2.24) is 5.32 Å². The van der Waals surface area contributed by atoms with Crippen molar-refractivity contribution in [2.24, 2.45) is 27.6 Å². The molecule has 4 unspecified atom stereocenters. The van der Waals surface area contributed by atoms with Crippen molar-refractivity contribution in [3.8, 4) is 11.8 Å². The molecule has 1 aromatic rings. The van der Waals surface area contributed by atoms with Gasteiger partial charge in [0.15, 0.2) is 17.4 Å². The number of hydrogen-bond donors (Lipinski definition) is 3. The van der Waals surface area contributed by atoms with Gasteiger partial charge in [-0.1, -0.05) is 54.9 Å². The first-order chi connectivity index (χ1) is 24.7. The van der Waals surface area contributed by atoms with E-state index in [2.05, 4.69) is 24.0 Å². The third kappa shape index (κ3) is 13.3. The number of unbranched alkanes of at least 4 members (excludes halogenated alkanes) is 1. The number of ether oxygens (including phenoxy) is 1. The number of rotatable bonds is 25. The van der Waals surface area contributed by atoms with Gasteiger partial charge in [0.25, 0.3) is 10.1 Å². The number of halogens is 4. The van der Waals surface area contributed by atoms with Crippen molar-refractivity contribution < 1.29 is 44.5 Å². The van der Waals surface area contributed by atoms with E-state index in [1.54, 1.807) is 13.8 Å². The van der Waals surface area contributed by atoms with Crippen molar-refractivity contribution in [1.29, 1.82) is 5.26 Å². The predicted octanol–water partition coefficient (Wildman–Crippen LogP) is 9.49. The van der Waals surface area contributed by atoms with E-state index in [1.165, 1.54) is 0 Å². The van der Waals surface area contributed by atoms with Crippen LogP contribution in [0.15, 0.2) is 0 Å². The monoisotopic (exact) mass is 810 g/mol. The van der Waals surface area contributed by atoms with Gasteiger partial charge >= 0.3 is 0 Å². The summed E-state index contributed by atoms with van der Waals surface area (Å²) >= 11 is 4.11. The smallest absolute Gasteiger partial charge is 0.265 e. The second kappa shape index (κ2) is 20.4. The molecule has 8 nitrogen and oxygen atoms in total. The molecule has 0 bridgehead atoms. The molecule has 1 amide bonds. The first kappa shape index (κ1) is 49.9. The van der Waals surface area contributed by atoms with Crippen molar-refractivity contribution >= 4 is 28.7 Å². The topological polar surface area (TPSA) is 116 Å². The van der Waals surface area contributed by atoms with Crippen LogP contribution in [-0.2, 0) is 14.9 Å². The maximum absolute atomic E-state index is 16.3. The fraction of sp³-hybridized carbons (Fsp3) is 0.800. The number of benzene rings is 1. The molecule has 0 saturated heterocycles. The van der Waals surface area contributed by atoms with Crippen LogP contribution in [0.25, 0.3) is 0 Å². The van der Waals surface area contributed by atoms with E-state index < -0.39 is 78.2 Å². The van der Waals surface area contributed by atoms with Crippen LogP contribution in [0.4, 0.5) is 17.6 Å². The number of nitrogens with one attached hydrogen (secondary N) is 1. The highest BCUT2D eigenvalue weighted by Crippen LogP contribution is 2.57. The maximum atomic E-state index is 16.3. The lowest BCUT2D eigenvalue weighted by atomic mass is 9.54. The Morgan fingerprint density at radius 2 is 1.50 bits per heavy atom. The van der Waals surface area contributed by atoms with Crippen LogP contribution >= 0.6 is 12.6 Å². The normalized spacial score (nSPS) is 16.2. The largest absolute Gasteiger partial charge is 0.487 e. The number of carbonyl (C=O) groups excluding carboxylic acids is 1. The van der Waals surface area contributed by atoms with E-state index in [-0.39, 0.29) is 24.7 Å². The lowest BCUT2D eigenvalue weighted by Gasteiger charge is -2.49. The number of nitriles is 1. The van der Waals surface area contributed by atoms with E-state index >= 15 is 17.6 Å².